The number of amides is 1. The van der Waals surface area contributed by atoms with Crippen molar-refractivity contribution in [1.82, 2.24) is 5.32 Å². The van der Waals surface area contributed by atoms with E-state index in [0.717, 1.165) is 12.2 Å². The molecular formula is C14H22N2O2. The summed E-state index contributed by atoms with van der Waals surface area (Å²) in [7, 11) is 0. The van der Waals surface area contributed by atoms with Crippen LogP contribution in [0.5, 0.6) is 5.75 Å². The first kappa shape index (κ1) is 14.5. The van der Waals surface area contributed by atoms with Crippen molar-refractivity contribution in [3.8, 4) is 5.75 Å². The lowest BCUT2D eigenvalue weighted by Crippen LogP contribution is -2.30. The van der Waals surface area contributed by atoms with Gasteiger partial charge in [-0.05, 0) is 31.0 Å². The average molecular weight is 250 g/mol. The monoisotopic (exact) mass is 250 g/mol. The molecule has 0 radical (unpaired) electrons. The highest BCUT2D eigenvalue weighted by atomic mass is 16.5. The van der Waals surface area contributed by atoms with E-state index >= 15 is 0 Å². The minimum atomic E-state index is 0.0230. The van der Waals surface area contributed by atoms with Crippen molar-refractivity contribution in [3.05, 3.63) is 30.3 Å². The van der Waals surface area contributed by atoms with E-state index in [0.29, 0.717) is 32.0 Å². The van der Waals surface area contributed by atoms with Gasteiger partial charge in [-0.25, -0.2) is 0 Å². The molecule has 18 heavy (non-hydrogen) atoms. The zero-order chi connectivity index (χ0) is 13.2. The van der Waals surface area contributed by atoms with Gasteiger partial charge in [-0.3, -0.25) is 4.79 Å². The summed E-state index contributed by atoms with van der Waals surface area (Å²) in [6.45, 7) is 3.82. The van der Waals surface area contributed by atoms with Gasteiger partial charge >= 0.3 is 0 Å². The van der Waals surface area contributed by atoms with Gasteiger partial charge in [0.05, 0.1) is 13.0 Å². The number of nitrogens with two attached hydrogens (primary N) is 1. The second-order valence-corrected chi connectivity index (χ2v) is 4.40. The Bertz CT molecular complexity index is 341. The molecule has 0 spiro atoms. The van der Waals surface area contributed by atoms with E-state index in [9.17, 15) is 4.79 Å². The van der Waals surface area contributed by atoms with Crippen LogP contribution in [0.2, 0.25) is 0 Å². The molecule has 1 aromatic rings. The van der Waals surface area contributed by atoms with Crippen LogP contribution in [0.4, 0.5) is 0 Å². The quantitative estimate of drug-likeness (QED) is 0.736. The van der Waals surface area contributed by atoms with Crippen LogP contribution in [0, 0.1) is 5.92 Å². The molecule has 0 bridgehead atoms. The van der Waals surface area contributed by atoms with Crippen LogP contribution in [0.25, 0.3) is 0 Å². The smallest absolute Gasteiger partial charge is 0.223 e. The van der Waals surface area contributed by atoms with E-state index in [1.165, 1.54) is 0 Å². The van der Waals surface area contributed by atoms with Crippen molar-refractivity contribution in [3.63, 3.8) is 0 Å². The maximum atomic E-state index is 11.5. The Labute approximate surface area is 109 Å². The minimum Gasteiger partial charge on any atom is -0.493 e. The lowest BCUT2D eigenvalue weighted by molar-refractivity contribution is -0.121. The molecule has 0 aliphatic carbocycles. The maximum Gasteiger partial charge on any atom is 0.223 e. The summed E-state index contributed by atoms with van der Waals surface area (Å²) in [4.78, 5) is 11.5. The fraction of sp³-hybridized carbons (Fsp3) is 0.500. The molecule has 1 amide bonds. The number of rotatable bonds is 8. The summed E-state index contributed by atoms with van der Waals surface area (Å²) in [6, 6.07) is 9.49. The highest BCUT2D eigenvalue weighted by Crippen LogP contribution is 2.08. The molecule has 1 rings (SSSR count). The van der Waals surface area contributed by atoms with E-state index < -0.39 is 0 Å². The minimum absolute atomic E-state index is 0.0230. The molecule has 1 aromatic carbocycles. The van der Waals surface area contributed by atoms with E-state index in [-0.39, 0.29) is 5.91 Å². The van der Waals surface area contributed by atoms with Gasteiger partial charge < -0.3 is 15.8 Å². The van der Waals surface area contributed by atoms with Gasteiger partial charge in [0.1, 0.15) is 5.75 Å². The van der Waals surface area contributed by atoms with Crippen LogP contribution < -0.4 is 15.8 Å². The topological polar surface area (TPSA) is 64.3 Å². The fourth-order valence-corrected chi connectivity index (χ4v) is 1.54. The predicted molar refractivity (Wildman–Crippen MR) is 72.4 cm³/mol. The van der Waals surface area contributed by atoms with E-state index in [2.05, 4.69) is 12.2 Å². The molecule has 0 saturated heterocycles. The number of para-hydroxylation sites is 1. The van der Waals surface area contributed by atoms with Gasteiger partial charge in [0.15, 0.2) is 0 Å². The number of hydrogen-bond acceptors (Lipinski definition) is 3. The second-order valence-electron chi connectivity index (χ2n) is 4.40. The summed E-state index contributed by atoms with van der Waals surface area (Å²) >= 11 is 0. The molecular weight excluding hydrogens is 228 g/mol. The zero-order valence-electron chi connectivity index (χ0n) is 10.9. The largest absolute Gasteiger partial charge is 0.493 e. The Balaban J connectivity index is 2.10. The molecule has 1 unspecified atom stereocenters. The molecule has 4 nitrogen and oxygen atoms in total. The second kappa shape index (κ2) is 8.53. The van der Waals surface area contributed by atoms with Crippen LogP contribution in [-0.2, 0) is 4.79 Å². The lowest BCUT2D eigenvalue weighted by Gasteiger charge is -2.11. The van der Waals surface area contributed by atoms with Crippen LogP contribution in [0.3, 0.4) is 0 Å². The normalized spacial score (nSPS) is 11.9. The number of nitrogens with one attached hydrogen (secondary N) is 1. The van der Waals surface area contributed by atoms with Crippen LogP contribution >= 0.6 is 0 Å². The van der Waals surface area contributed by atoms with E-state index in [4.69, 9.17) is 10.5 Å². The molecule has 0 aliphatic rings. The summed E-state index contributed by atoms with van der Waals surface area (Å²) in [5, 5.41) is 2.88. The maximum absolute atomic E-state index is 11.5. The van der Waals surface area contributed by atoms with Crippen molar-refractivity contribution < 1.29 is 9.53 Å². The highest BCUT2D eigenvalue weighted by Gasteiger charge is 2.05. The summed E-state index contributed by atoms with van der Waals surface area (Å²) in [6.07, 6.45) is 1.31. The Morgan fingerprint density at radius 1 is 1.39 bits per heavy atom. The third-order valence-electron chi connectivity index (χ3n) is 2.65. The third kappa shape index (κ3) is 6.25. The number of carbonyl (C=O) groups is 1. The van der Waals surface area contributed by atoms with Gasteiger partial charge in [0.25, 0.3) is 0 Å². The first-order chi connectivity index (χ1) is 8.72. The van der Waals surface area contributed by atoms with Crippen molar-refractivity contribution in [1.29, 1.82) is 0 Å². The number of ether oxygens (including phenoxy) is 1. The van der Waals surface area contributed by atoms with Crippen molar-refractivity contribution in [2.45, 2.75) is 19.8 Å². The molecule has 4 heteroatoms. The lowest BCUT2D eigenvalue weighted by atomic mass is 10.1. The zero-order valence-corrected chi connectivity index (χ0v) is 10.9. The number of benzene rings is 1. The summed E-state index contributed by atoms with van der Waals surface area (Å²) < 4.78 is 5.45. The van der Waals surface area contributed by atoms with Crippen molar-refractivity contribution in [2.24, 2.45) is 11.7 Å². The third-order valence-corrected chi connectivity index (χ3v) is 2.65. The molecule has 0 fully saturated rings. The molecule has 0 aromatic heterocycles. The van der Waals surface area contributed by atoms with Gasteiger partial charge in [-0.15, -0.1) is 0 Å². The van der Waals surface area contributed by atoms with Crippen LogP contribution in [0.1, 0.15) is 19.8 Å². The summed E-state index contributed by atoms with van der Waals surface area (Å²) in [5.41, 5.74) is 5.45. The average Bonchev–Trinajstić information content (AvgIpc) is 2.38. The SMILES string of the molecule is CC(CCN)CNC(=O)CCOc1ccccc1. The Morgan fingerprint density at radius 3 is 2.78 bits per heavy atom. The van der Waals surface area contributed by atoms with Crippen molar-refractivity contribution >= 4 is 5.91 Å². The first-order valence-electron chi connectivity index (χ1n) is 6.37. The number of hydrogen-bond donors (Lipinski definition) is 2. The highest BCUT2D eigenvalue weighted by molar-refractivity contribution is 5.75. The predicted octanol–water partition coefficient (Wildman–Crippen LogP) is 1.56. The van der Waals surface area contributed by atoms with E-state index in [1.807, 2.05) is 30.3 Å². The van der Waals surface area contributed by atoms with Crippen LogP contribution in [-0.4, -0.2) is 25.6 Å². The Hall–Kier alpha value is -1.55. The Kier molecular flexibility index (Phi) is 6.87. The van der Waals surface area contributed by atoms with Crippen LogP contribution in [0.15, 0.2) is 30.3 Å². The molecule has 3 N–H and O–H groups in total. The van der Waals surface area contributed by atoms with Crippen molar-refractivity contribution in [2.75, 3.05) is 19.7 Å². The number of carbonyl (C=O) groups excluding carboxylic acids is 1. The molecule has 0 saturated carbocycles. The molecule has 100 valence electrons. The van der Waals surface area contributed by atoms with E-state index in [1.54, 1.807) is 0 Å². The fourth-order valence-electron chi connectivity index (χ4n) is 1.54. The van der Waals surface area contributed by atoms with Gasteiger partial charge in [-0.1, -0.05) is 25.1 Å². The molecule has 0 heterocycles. The standard InChI is InChI=1S/C14H22N2O2/c1-12(7-9-15)11-16-14(17)8-10-18-13-5-3-2-4-6-13/h2-6,12H,7-11,15H2,1H3,(H,16,17). The first-order valence-corrected chi connectivity index (χ1v) is 6.37. The summed E-state index contributed by atoms with van der Waals surface area (Å²) in [5.74, 6) is 1.24. The van der Waals surface area contributed by atoms with Gasteiger partial charge in [0.2, 0.25) is 5.91 Å². The van der Waals surface area contributed by atoms with Gasteiger partial charge in [0, 0.05) is 6.54 Å². The molecule has 1 atom stereocenters. The molecule has 0 aliphatic heterocycles. The van der Waals surface area contributed by atoms with Gasteiger partial charge in [-0.2, -0.15) is 0 Å². The Morgan fingerprint density at radius 2 is 2.11 bits per heavy atom.